The first-order valence-corrected chi connectivity index (χ1v) is 12.4. The fraction of sp³-hybridized carbons (Fsp3) is 0.464. The molecule has 3 fully saturated rings. The Morgan fingerprint density at radius 2 is 1.57 bits per heavy atom. The predicted octanol–water partition coefficient (Wildman–Crippen LogP) is 4.55. The Morgan fingerprint density at radius 1 is 1.03 bits per heavy atom. The summed E-state index contributed by atoms with van der Waals surface area (Å²) in [7, 11) is 0. The number of carboxylic acids is 1. The second-order valence-electron chi connectivity index (χ2n) is 10.6. The molecule has 6 rings (SSSR count). The number of nitrogens with zero attached hydrogens (tertiary/aromatic N) is 1. The maximum absolute atomic E-state index is 13.7. The van der Waals surface area contributed by atoms with Gasteiger partial charge in [0.05, 0.1) is 0 Å². The summed E-state index contributed by atoms with van der Waals surface area (Å²) >= 11 is 0. The summed E-state index contributed by atoms with van der Waals surface area (Å²) in [5.74, 6) is -1.38. The second-order valence-corrected chi connectivity index (χ2v) is 10.6. The standard InChI is InChI=1S/C28H32N2O5/c1-4-27(5-2,23(31)30-17-26(3)15-28(30,16-26)24(32)33)29-25(34)35-14-22-20-12-8-6-10-18(20)19-11-7-9-13-21(19)22/h6-13,22H,4-5,14-17H2,1-3H3,(H,29,34)(H,32,33). The lowest BCUT2D eigenvalue weighted by Gasteiger charge is -2.44. The fourth-order valence-electron chi connectivity index (χ4n) is 6.60. The van der Waals surface area contributed by atoms with E-state index in [1.54, 1.807) is 0 Å². The van der Waals surface area contributed by atoms with Crippen LogP contribution in [0.4, 0.5) is 4.79 Å². The molecule has 2 N–H and O–H groups in total. The number of hydrogen-bond donors (Lipinski definition) is 2. The number of hydrogen-bond acceptors (Lipinski definition) is 4. The molecule has 2 saturated heterocycles. The van der Waals surface area contributed by atoms with E-state index >= 15 is 0 Å². The van der Waals surface area contributed by atoms with Gasteiger partial charge < -0.3 is 20.1 Å². The van der Waals surface area contributed by atoms with Gasteiger partial charge in [-0.3, -0.25) is 4.79 Å². The number of nitrogens with one attached hydrogen (secondary N) is 1. The van der Waals surface area contributed by atoms with E-state index in [1.165, 1.54) is 4.90 Å². The van der Waals surface area contributed by atoms with Gasteiger partial charge in [0, 0.05) is 12.5 Å². The zero-order chi connectivity index (χ0) is 25.0. The van der Waals surface area contributed by atoms with E-state index in [0.717, 1.165) is 22.3 Å². The first-order valence-electron chi connectivity index (χ1n) is 12.4. The summed E-state index contributed by atoms with van der Waals surface area (Å²) in [6.07, 6.45) is 0.932. The molecule has 2 bridgehead atoms. The van der Waals surface area contributed by atoms with Crippen molar-refractivity contribution in [1.82, 2.24) is 10.2 Å². The SMILES string of the molecule is CCC(CC)(NC(=O)OCC1c2ccccc2-c2ccccc21)C(=O)N1CC2(C)CC1(C(=O)O)C2. The van der Waals surface area contributed by atoms with E-state index in [9.17, 15) is 19.5 Å². The number of carbonyl (C=O) groups excluding carboxylic acids is 2. The molecule has 0 radical (unpaired) electrons. The summed E-state index contributed by atoms with van der Waals surface area (Å²) in [5, 5.41) is 12.7. The van der Waals surface area contributed by atoms with Gasteiger partial charge in [0.1, 0.15) is 17.7 Å². The van der Waals surface area contributed by atoms with Crippen LogP contribution in [0.1, 0.15) is 63.5 Å². The van der Waals surface area contributed by atoms with E-state index in [-0.39, 0.29) is 23.8 Å². The summed E-state index contributed by atoms with van der Waals surface area (Å²) in [5.41, 5.74) is 1.97. The van der Waals surface area contributed by atoms with Crippen LogP contribution in [0.5, 0.6) is 0 Å². The van der Waals surface area contributed by atoms with Crippen LogP contribution in [0.3, 0.4) is 0 Å². The highest BCUT2D eigenvalue weighted by molar-refractivity contribution is 5.96. The van der Waals surface area contributed by atoms with Crippen molar-refractivity contribution in [2.45, 2.75) is 63.5 Å². The van der Waals surface area contributed by atoms with E-state index in [2.05, 4.69) is 29.6 Å². The smallest absolute Gasteiger partial charge is 0.408 e. The van der Waals surface area contributed by atoms with Crippen LogP contribution in [0, 0.1) is 5.41 Å². The number of alkyl carbamates (subject to hydrolysis) is 1. The zero-order valence-electron chi connectivity index (χ0n) is 20.5. The minimum Gasteiger partial charge on any atom is -0.479 e. The van der Waals surface area contributed by atoms with Crippen molar-refractivity contribution in [2.75, 3.05) is 13.2 Å². The van der Waals surface area contributed by atoms with Gasteiger partial charge in [0.2, 0.25) is 5.91 Å². The number of carbonyl (C=O) groups is 3. The van der Waals surface area contributed by atoms with Gasteiger partial charge in [-0.2, -0.15) is 0 Å². The van der Waals surface area contributed by atoms with Crippen LogP contribution in [0.25, 0.3) is 11.1 Å². The third-order valence-electron chi connectivity index (χ3n) is 8.44. The van der Waals surface area contributed by atoms with Crippen LogP contribution in [-0.2, 0) is 14.3 Å². The highest BCUT2D eigenvalue weighted by atomic mass is 16.5. The highest BCUT2D eigenvalue weighted by Crippen LogP contribution is 2.59. The van der Waals surface area contributed by atoms with Crippen molar-refractivity contribution in [3.8, 4) is 11.1 Å². The lowest BCUT2D eigenvalue weighted by Crippen LogP contribution is -2.64. The summed E-state index contributed by atoms with van der Waals surface area (Å²) in [6, 6.07) is 16.2. The molecule has 0 aromatic heterocycles. The zero-order valence-corrected chi connectivity index (χ0v) is 20.5. The normalized spacial score (nSPS) is 24.4. The van der Waals surface area contributed by atoms with Crippen molar-refractivity contribution >= 4 is 18.0 Å². The molecule has 2 amide bonds. The summed E-state index contributed by atoms with van der Waals surface area (Å²) in [4.78, 5) is 40.3. The Kier molecular flexibility index (Phi) is 5.42. The maximum atomic E-state index is 13.7. The predicted molar refractivity (Wildman–Crippen MR) is 131 cm³/mol. The van der Waals surface area contributed by atoms with E-state index in [4.69, 9.17) is 4.74 Å². The van der Waals surface area contributed by atoms with Crippen molar-refractivity contribution in [3.63, 3.8) is 0 Å². The first-order chi connectivity index (χ1) is 16.7. The van der Waals surface area contributed by atoms with Crippen molar-refractivity contribution < 1.29 is 24.2 Å². The monoisotopic (exact) mass is 476 g/mol. The molecule has 2 aliphatic carbocycles. The highest BCUT2D eigenvalue weighted by Gasteiger charge is 2.70. The number of carboxylic acid groups (broad SMARTS) is 1. The van der Waals surface area contributed by atoms with Gasteiger partial charge in [-0.25, -0.2) is 9.59 Å². The fourth-order valence-corrected chi connectivity index (χ4v) is 6.60. The number of fused-ring (bicyclic) bond motifs is 4. The average Bonchev–Trinajstić information content (AvgIpc) is 3.44. The van der Waals surface area contributed by atoms with Crippen molar-refractivity contribution in [1.29, 1.82) is 0 Å². The van der Waals surface area contributed by atoms with Crippen molar-refractivity contribution in [2.24, 2.45) is 5.41 Å². The second kappa shape index (κ2) is 8.11. The van der Waals surface area contributed by atoms with E-state index in [0.29, 0.717) is 32.2 Å². The first kappa shape index (κ1) is 23.4. The van der Waals surface area contributed by atoms with Gasteiger partial charge in [0.25, 0.3) is 0 Å². The summed E-state index contributed by atoms with van der Waals surface area (Å²) < 4.78 is 5.70. The Hall–Kier alpha value is -3.35. The number of ether oxygens (including phenoxy) is 1. The molecule has 0 atom stereocenters. The van der Waals surface area contributed by atoms with Gasteiger partial charge in [-0.15, -0.1) is 0 Å². The van der Waals surface area contributed by atoms with Crippen LogP contribution >= 0.6 is 0 Å². The maximum Gasteiger partial charge on any atom is 0.408 e. The Morgan fingerprint density at radius 3 is 2.09 bits per heavy atom. The number of aliphatic carboxylic acids is 1. The summed E-state index contributed by atoms with van der Waals surface area (Å²) in [6.45, 7) is 6.23. The Bertz CT molecular complexity index is 1150. The average molecular weight is 477 g/mol. The van der Waals surface area contributed by atoms with Crippen molar-refractivity contribution in [3.05, 3.63) is 59.7 Å². The van der Waals surface area contributed by atoms with Gasteiger partial charge in [-0.05, 0) is 53.4 Å². The molecule has 4 aliphatic rings. The third kappa shape index (κ3) is 3.43. The molecule has 7 heteroatoms. The lowest BCUT2D eigenvalue weighted by atomic mass is 9.63. The van der Waals surface area contributed by atoms with Crippen LogP contribution < -0.4 is 5.32 Å². The molecule has 2 aromatic carbocycles. The number of rotatable bonds is 7. The van der Waals surface area contributed by atoms with Gasteiger partial charge >= 0.3 is 12.1 Å². The molecular formula is C28H32N2O5. The molecule has 2 aliphatic heterocycles. The molecule has 2 heterocycles. The molecular weight excluding hydrogens is 444 g/mol. The van der Waals surface area contributed by atoms with Crippen LogP contribution in [0.2, 0.25) is 0 Å². The van der Waals surface area contributed by atoms with E-state index < -0.39 is 23.1 Å². The van der Waals surface area contributed by atoms with Gasteiger partial charge in [-0.1, -0.05) is 69.3 Å². The topological polar surface area (TPSA) is 95.9 Å². The largest absolute Gasteiger partial charge is 0.479 e. The third-order valence-corrected chi connectivity index (χ3v) is 8.44. The quantitative estimate of drug-likeness (QED) is 0.611. The van der Waals surface area contributed by atoms with Crippen LogP contribution in [0.15, 0.2) is 48.5 Å². The molecule has 1 saturated carbocycles. The molecule has 2 aromatic rings. The Labute approximate surface area is 205 Å². The molecule has 0 spiro atoms. The van der Waals surface area contributed by atoms with Gasteiger partial charge in [0.15, 0.2) is 0 Å². The number of amides is 2. The molecule has 0 unspecified atom stereocenters. The Balaban J connectivity index is 1.32. The minimum absolute atomic E-state index is 0.0810. The molecule has 184 valence electrons. The number of benzene rings is 2. The minimum atomic E-state index is -1.21. The lowest BCUT2D eigenvalue weighted by molar-refractivity contribution is -0.162. The van der Waals surface area contributed by atoms with E-state index in [1.807, 2.05) is 45.0 Å². The molecule has 35 heavy (non-hydrogen) atoms. The van der Waals surface area contributed by atoms with Crippen LogP contribution in [-0.4, -0.2) is 52.2 Å². The molecule has 7 nitrogen and oxygen atoms in total.